The van der Waals surface area contributed by atoms with Gasteiger partial charge in [-0.25, -0.2) is 4.98 Å². The Balaban J connectivity index is 1.96. The van der Waals surface area contributed by atoms with Crippen LogP contribution < -0.4 is 10.9 Å². The summed E-state index contributed by atoms with van der Waals surface area (Å²) < 4.78 is 1.38. The Morgan fingerprint density at radius 2 is 2.00 bits per heavy atom. The molecule has 0 saturated heterocycles. The molecule has 0 spiro atoms. The summed E-state index contributed by atoms with van der Waals surface area (Å²) in [4.78, 5) is 31.0. The lowest BCUT2D eigenvalue weighted by Gasteiger charge is -2.09. The van der Waals surface area contributed by atoms with Crippen molar-refractivity contribution in [3.8, 4) is 10.4 Å². The van der Waals surface area contributed by atoms with E-state index in [0.29, 0.717) is 22.7 Å². The van der Waals surface area contributed by atoms with Crippen molar-refractivity contribution in [1.82, 2.24) is 14.9 Å². The van der Waals surface area contributed by atoms with Gasteiger partial charge in [-0.1, -0.05) is 44.2 Å². The number of benzene rings is 1. The molecule has 0 aliphatic heterocycles. The van der Waals surface area contributed by atoms with Crippen LogP contribution >= 0.6 is 11.3 Å². The van der Waals surface area contributed by atoms with Gasteiger partial charge >= 0.3 is 0 Å². The molecule has 1 amide bonds. The predicted molar refractivity (Wildman–Crippen MR) is 102 cm³/mol. The summed E-state index contributed by atoms with van der Waals surface area (Å²) in [6, 6.07) is 9.96. The number of nitrogens with zero attached hydrogens (tertiary/aromatic N) is 2. The Labute approximate surface area is 150 Å². The molecule has 2 aromatic heterocycles. The summed E-state index contributed by atoms with van der Waals surface area (Å²) >= 11 is 1.51. The fourth-order valence-corrected chi connectivity index (χ4v) is 3.81. The fourth-order valence-electron chi connectivity index (χ4n) is 2.67. The van der Waals surface area contributed by atoms with Crippen molar-refractivity contribution in [3.63, 3.8) is 0 Å². The van der Waals surface area contributed by atoms with Gasteiger partial charge in [-0.15, -0.1) is 11.3 Å². The number of hydrogen-bond donors (Lipinski definition) is 1. The zero-order valence-electron chi connectivity index (χ0n) is 14.6. The lowest BCUT2D eigenvalue weighted by Crippen LogP contribution is -2.34. The number of nitrogens with one attached hydrogen (secondary N) is 1. The minimum atomic E-state index is -0.173. The van der Waals surface area contributed by atoms with E-state index in [-0.39, 0.29) is 18.0 Å². The quantitative estimate of drug-likeness (QED) is 0.764. The maximum absolute atomic E-state index is 12.8. The largest absolute Gasteiger partial charge is 0.354 e. The van der Waals surface area contributed by atoms with Crippen LogP contribution in [0.3, 0.4) is 0 Å². The number of aryl methyl sites for hydroxylation is 1. The van der Waals surface area contributed by atoms with Gasteiger partial charge in [0.25, 0.3) is 5.56 Å². The standard InChI is InChI=1S/C19H21N3O2S/c1-12(2)9-20-15(23)10-22-11-21-18-16(19(22)24)13(3)17(25-18)14-7-5-4-6-8-14/h4-8,11-12H,9-10H2,1-3H3,(H,20,23). The highest BCUT2D eigenvalue weighted by Gasteiger charge is 2.16. The molecule has 3 aromatic rings. The molecule has 3 rings (SSSR count). The van der Waals surface area contributed by atoms with Crippen molar-refractivity contribution in [2.75, 3.05) is 6.54 Å². The molecule has 25 heavy (non-hydrogen) atoms. The lowest BCUT2D eigenvalue weighted by atomic mass is 10.1. The first-order chi connectivity index (χ1) is 12.0. The van der Waals surface area contributed by atoms with Gasteiger partial charge in [-0.3, -0.25) is 14.2 Å². The lowest BCUT2D eigenvalue weighted by molar-refractivity contribution is -0.121. The second kappa shape index (κ2) is 7.19. The summed E-state index contributed by atoms with van der Waals surface area (Å²) in [6.45, 7) is 6.58. The van der Waals surface area contributed by atoms with Crippen LogP contribution in [0.2, 0.25) is 0 Å². The average molecular weight is 355 g/mol. The minimum absolute atomic E-state index is 0.00947. The highest BCUT2D eigenvalue weighted by Crippen LogP contribution is 2.35. The maximum atomic E-state index is 12.8. The first-order valence-electron chi connectivity index (χ1n) is 8.28. The molecule has 0 bridgehead atoms. The average Bonchev–Trinajstić information content (AvgIpc) is 2.94. The van der Waals surface area contributed by atoms with Crippen molar-refractivity contribution in [1.29, 1.82) is 0 Å². The highest BCUT2D eigenvalue weighted by atomic mass is 32.1. The molecule has 2 heterocycles. The third-order valence-electron chi connectivity index (χ3n) is 3.97. The summed E-state index contributed by atoms with van der Waals surface area (Å²) in [5, 5.41) is 3.43. The molecule has 0 aliphatic rings. The molecule has 130 valence electrons. The monoisotopic (exact) mass is 355 g/mol. The van der Waals surface area contributed by atoms with Crippen molar-refractivity contribution in [2.24, 2.45) is 5.92 Å². The van der Waals surface area contributed by atoms with Gasteiger partial charge in [-0.05, 0) is 24.0 Å². The predicted octanol–water partition coefficient (Wildman–Crippen LogP) is 3.21. The number of aromatic nitrogens is 2. The van der Waals surface area contributed by atoms with Gasteiger partial charge in [0.2, 0.25) is 5.91 Å². The Hall–Kier alpha value is -2.47. The molecule has 1 N–H and O–H groups in total. The van der Waals surface area contributed by atoms with E-state index in [4.69, 9.17) is 0 Å². The Kier molecular flexibility index (Phi) is 4.99. The van der Waals surface area contributed by atoms with Crippen molar-refractivity contribution < 1.29 is 4.79 Å². The van der Waals surface area contributed by atoms with Crippen LogP contribution in [0.5, 0.6) is 0 Å². The topological polar surface area (TPSA) is 64.0 Å². The van der Waals surface area contributed by atoms with Crippen LogP contribution in [0.15, 0.2) is 41.5 Å². The van der Waals surface area contributed by atoms with Crippen LogP contribution in [0.4, 0.5) is 0 Å². The molecule has 0 saturated carbocycles. The SMILES string of the molecule is Cc1c(-c2ccccc2)sc2ncn(CC(=O)NCC(C)C)c(=O)c12. The molecular weight excluding hydrogens is 334 g/mol. The molecule has 0 aliphatic carbocycles. The van der Waals surface area contributed by atoms with Gasteiger partial charge in [0.05, 0.1) is 11.7 Å². The van der Waals surface area contributed by atoms with Gasteiger partial charge in [0.15, 0.2) is 0 Å². The van der Waals surface area contributed by atoms with Gasteiger partial charge in [0, 0.05) is 11.4 Å². The van der Waals surface area contributed by atoms with E-state index in [1.807, 2.05) is 51.1 Å². The van der Waals surface area contributed by atoms with E-state index in [2.05, 4.69) is 10.3 Å². The first kappa shape index (κ1) is 17.4. The zero-order chi connectivity index (χ0) is 18.0. The number of amides is 1. The second-order valence-electron chi connectivity index (χ2n) is 6.48. The molecule has 1 aromatic carbocycles. The van der Waals surface area contributed by atoms with Crippen LogP contribution in [-0.4, -0.2) is 22.0 Å². The molecule has 5 nitrogen and oxygen atoms in total. The van der Waals surface area contributed by atoms with Crippen molar-refractivity contribution in [3.05, 3.63) is 52.6 Å². The summed E-state index contributed by atoms with van der Waals surface area (Å²) in [6.07, 6.45) is 1.46. The van der Waals surface area contributed by atoms with Crippen LogP contribution in [0, 0.1) is 12.8 Å². The van der Waals surface area contributed by atoms with E-state index in [0.717, 1.165) is 16.0 Å². The highest BCUT2D eigenvalue weighted by molar-refractivity contribution is 7.22. The summed E-state index contributed by atoms with van der Waals surface area (Å²) in [5.74, 6) is 0.196. The second-order valence-corrected chi connectivity index (χ2v) is 7.48. The Morgan fingerprint density at radius 3 is 2.68 bits per heavy atom. The van der Waals surface area contributed by atoms with E-state index in [1.165, 1.54) is 22.2 Å². The van der Waals surface area contributed by atoms with E-state index in [9.17, 15) is 9.59 Å². The van der Waals surface area contributed by atoms with Gasteiger partial charge in [-0.2, -0.15) is 0 Å². The van der Waals surface area contributed by atoms with Crippen LogP contribution in [0.1, 0.15) is 19.4 Å². The maximum Gasteiger partial charge on any atom is 0.262 e. The first-order valence-corrected chi connectivity index (χ1v) is 9.09. The van der Waals surface area contributed by atoms with Gasteiger partial charge in [0.1, 0.15) is 11.4 Å². The van der Waals surface area contributed by atoms with Crippen molar-refractivity contribution in [2.45, 2.75) is 27.3 Å². The molecule has 6 heteroatoms. The summed E-state index contributed by atoms with van der Waals surface area (Å²) in [7, 11) is 0. The molecular formula is C19H21N3O2S. The van der Waals surface area contributed by atoms with E-state index in [1.54, 1.807) is 0 Å². The normalized spacial score (nSPS) is 11.2. The number of hydrogen-bond acceptors (Lipinski definition) is 4. The van der Waals surface area contributed by atoms with E-state index < -0.39 is 0 Å². The number of rotatable bonds is 5. The number of carbonyl (C=O) groups excluding carboxylic acids is 1. The third kappa shape index (κ3) is 3.64. The smallest absolute Gasteiger partial charge is 0.262 e. The van der Waals surface area contributed by atoms with Crippen LogP contribution in [0.25, 0.3) is 20.7 Å². The van der Waals surface area contributed by atoms with Crippen molar-refractivity contribution >= 4 is 27.5 Å². The number of thiophene rings is 1. The number of carbonyl (C=O) groups is 1. The van der Waals surface area contributed by atoms with Crippen LogP contribution in [-0.2, 0) is 11.3 Å². The fraction of sp³-hybridized carbons (Fsp3) is 0.316. The molecule has 0 atom stereocenters. The van der Waals surface area contributed by atoms with E-state index >= 15 is 0 Å². The zero-order valence-corrected chi connectivity index (χ0v) is 15.4. The third-order valence-corrected chi connectivity index (χ3v) is 5.22. The van der Waals surface area contributed by atoms with Gasteiger partial charge < -0.3 is 5.32 Å². The Morgan fingerprint density at radius 1 is 1.28 bits per heavy atom. The molecule has 0 unspecified atom stereocenters. The minimum Gasteiger partial charge on any atom is -0.354 e. The number of fused-ring (bicyclic) bond motifs is 1. The molecule has 0 fully saturated rings. The Bertz CT molecular complexity index is 958. The summed E-state index contributed by atoms with van der Waals surface area (Å²) in [5.41, 5.74) is 1.82. The molecule has 0 radical (unpaired) electrons.